The summed E-state index contributed by atoms with van der Waals surface area (Å²) in [5.74, 6) is 3.77. The predicted molar refractivity (Wildman–Crippen MR) is 277 cm³/mol. The van der Waals surface area contributed by atoms with E-state index in [2.05, 4.69) is 88.1 Å². The summed E-state index contributed by atoms with van der Waals surface area (Å²) in [6.07, 6.45) is 2.11. The van der Waals surface area contributed by atoms with E-state index in [0.717, 1.165) is 36.4 Å². The lowest BCUT2D eigenvalue weighted by molar-refractivity contribution is 0.0205. The number of rotatable bonds is 15. The molecule has 12 nitrogen and oxygen atoms in total. The van der Waals surface area contributed by atoms with Gasteiger partial charge in [0.1, 0.15) is 41.7 Å². The fourth-order valence-corrected chi connectivity index (χ4v) is 8.30. The topological polar surface area (TPSA) is 137 Å². The van der Waals surface area contributed by atoms with Gasteiger partial charge in [0.2, 0.25) is 0 Å². The van der Waals surface area contributed by atoms with E-state index < -0.39 is 23.5 Å². The van der Waals surface area contributed by atoms with E-state index in [4.69, 9.17) is 29.4 Å². The Balaban J connectivity index is 0.000000158. The number of likely N-dealkylation sites (N-methyl/N-ethyl adjacent to an activating group) is 1. The summed E-state index contributed by atoms with van der Waals surface area (Å²) in [6.45, 7) is 19.2. The number of piperazine rings is 1. The first-order valence-electron chi connectivity index (χ1n) is 25.0. The Kier molecular flexibility index (Phi) is 18.0. The minimum atomic E-state index is -0.726. The number of alkyl carbamates (subject to hydrolysis) is 1. The second kappa shape index (κ2) is 24.3. The Hall–Kier alpha value is -5.92. The van der Waals surface area contributed by atoms with Crippen molar-refractivity contribution >= 4 is 12.2 Å². The van der Waals surface area contributed by atoms with Crippen LogP contribution in [0.3, 0.4) is 0 Å². The van der Waals surface area contributed by atoms with Gasteiger partial charge in [-0.1, -0.05) is 97.1 Å². The zero-order valence-electron chi connectivity index (χ0n) is 42.3. The second-order valence-corrected chi connectivity index (χ2v) is 21.0. The van der Waals surface area contributed by atoms with Gasteiger partial charge in [0.15, 0.2) is 0 Å². The van der Waals surface area contributed by atoms with Crippen LogP contribution in [-0.2, 0) is 22.7 Å². The highest BCUT2D eigenvalue weighted by Crippen LogP contribution is 2.42. The lowest BCUT2D eigenvalue weighted by Crippen LogP contribution is -2.46. The molecule has 5 aromatic carbocycles. The molecule has 4 fully saturated rings. The fourth-order valence-electron chi connectivity index (χ4n) is 8.30. The second-order valence-electron chi connectivity index (χ2n) is 21.0. The number of nitrogens with one attached hydrogen (secondary N) is 2. The van der Waals surface area contributed by atoms with Gasteiger partial charge in [-0.2, -0.15) is 0 Å². The molecule has 0 spiro atoms. The Bertz CT molecular complexity index is 2360. The summed E-state index contributed by atoms with van der Waals surface area (Å²) >= 11 is 0. The number of carbonyl (C=O) groups excluding carboxylic acids is 2. The largest absolute Gasteiger partial charge is 0.514 e. The van der Waals surface area contributed by atoms with Gasteiger partial charge < -0.3 is 45.0 Å². The molecule has 3 saturated carbocycles. The van der Waals surface area contributed by atoms with Gasteiger partial charge in [-0.05, 0) is 132 Å². The molecule has 374 valence electrons. The van der Waals surface area contributed by atoms with E-state index in [1.165, 1.54) is 61.4 Å². The maximum atomic E-state index is 11.8. The molecule has 12 heteroatoms. The average Bonchev–Trinajstić information content (AvgIpc) is 4.27. The van der Waals surface area contributed by atoms with Crippen LogP contribution in [0.5, 0.6) is 17.2 Å². The van der Waals surface area contributed by atoms with E-state index in [9.17, 15) is 9.59 Å². The van der Waals surface area contributed by atoms with Crippen LogP contribution < -0.4 is 30.6 Å². The van der Waals surface area contributed by atoms with Crippen LogP contribution in [0.15, 0.2) is 133 Å². The molecular formula is C58H75N5O7. The summed E-state index contributed by atoms with van der Waals surface area (Å²) in [7, 11) is 2.21. The Morgan fingerprint density at radius 3 is 1.49 bits per heavy atom. The smallest absolute Gasteiger partial charge is 0.489 e. The molecule has 1 saturated heterocycles. The van der Waals surface area contributed by atoms with Crippen molar-refractivity contribution in [2.24, 2.45) is 5.73 Å². The number of amides is 1. The summed E-state index contributed by atoms with van der Waals surface area (Å²) < 4.78 is 27.1. The van der Waals surface area contributed by atoms with Gasteiger partial charge in [0.25, 0.3) is 0 Å². The summed E-state index contributed by atoms with van der Waals surface area (Å²) in [5, 5.41) is 6.60. The number of benzene rings is 5. The molecule has 1 aliphatic heterocycles. The molecule has 4 aliphatic rings. The molecule has 0 bridgehead atoms. The van der Waals surface area contributed by atoms with Crippen molar-refractivity contribution in [2.45, 2.75) is 121 Å². The number of hydrogen-bond donors (Lipinski definition) is 3. The standard InChI is InChI=1S/C23H31N3O.C19H27NO5.C16H17NO/c1-25-13-15-26(16-14-25)12-11-24-23-17-22(23)20-7-9-21(10-8-20)27-18-19-5-3-2-4-6-19;1-18(2,3)24-16(21)20-15-11-14(15)12-7-9-13(10-8-12)23-17(22)25-19(4,5)6;17-16-10-15(16)13-6-8-14(9-7-13)18-11-12-4-2-1-3-5-12/h2-10,22-24H,11-18H2,1H3;7-10,14-15H,11H2,1-6H3,(H,20,21);1-9,15-16H,10-11,17H2/t22-,23+;14-,15+;15-,16+/m000/s1. The number of ether oxygens (including phenoxy) is 5. The van der Waals surface area contributed by atoms with E-state index in [-0.39, 0.29) is 12.0 Å². The summed E-state index contributed by atoms with van der Waals surface area (Å²) in [5.41, 5.74) is 11.0. The summed E-state index contributed by atoms with van der Waals surface area (Å²) in [6, 6.07) is 45.8. The zero-order valence-corrected chi connectivity index (χ0v) is 42.3. The SMILES string of the molecule is CC(C)(C)OC(=O)N[C@@H]1C[C@H]1c1ccc(OC(=O)OC(C)(C)C)cc1.CN1CCN(CCN[C@@H]2C[C@H]2c2ccc(OCc3ccccc3)cc2)CC1.N[C@@H]1C[C@H]1c1ccc(OCc2ccccc2)cc1. The molecule has 5 aromatic rings. The quantitative estimate of drug-likeness (QED) is 0.0683. The highest BCUT2D eigenvalue weighted by Gasteiger charge is 2.41. The lowest BCUT2D eigenvalue weighted by Gasteiger charge is -2.32. The van der Waals surface area contributed by atoms with Crippen LogP contribution >= 0.6 is 0 Å². The minimum absolute atomic E-state index is 0.0764. The van der Waals surface area contributed by atoms with E-state index in [1.807, 2.05) is 81.4 Å². The molecule has 0 unspecified atom stereocenters. The Labute approximate surface area is 416 Å². The molecular weight excluding hydrogens is 879 g/mol. The normalized spacial score (nSPS) is 21.6. The third-order valence-corrected chi connectivity index (χ3v) is 12.6. The maximum Gasteiger partial charge on any atom is 0.514 e. The Morgan fingerprint density at radius 1 is 0.571 bits per heavy atom. The van der Waals surface area contributed by atoms with Crippen molar-refractivity contribution in [1.82, 2.24) is 20.4 Å². The van der Waals surface area contributed by atoms with E-state index in [1.54, 1.807) is 32.9 Å². The van der Waals surface area contributed by atoms with Gasteiger partial charge in [-0.15, -0.1) is 0 Å². The number of hydrogen-bond acceptors (Lipinski definition) is 11. The molecule has 70 heavy (non-hydrogen) atoms. The van der Waals surface area contributed by atoms with Crippen molar-refractivity contribution in [3.63, 3.8) is 0 Å². The van der Waals surface area contributed by atoms with Gasteiger partial charge in [0, 0.05) is 75.1 Å². The fraction of sp³-hybridized carbons (Fsp3) is 0.448. The minimum Gasteiger partial charge on any atom is -0.489 e. The van der Waals surface area contributed by atoms with Crippen molar-refractivity contribution in [2.75, 3.05) is 46.3 Å². The van der Waals surface area contributed by atoms with Gasteiger partial charge in [-0.3, -0.25) is 4.90 Å². The lowest BCUT2D eigenvalue weighted by atomic mass is 10.1. The van der Waals surface area contributed by atoms with Crippen LogP contribution in [0.2, 0.25) is 0 Å². The Morgan fingerprint density at radius 2 is 1.01 bits per heavy atom. The van der Waals surface area contributed by atoms with Crippen molar-refractivity contribution < 1.29 is 33.3 Å². The number of nitrogens with two attached hydrogens (primary N) is 1. The van der Waals surface area contributed by atoms with Crippen molar-refractivity contribution in [1.29, 1.82) is 0 Å². The maximum absolute atomic E-state index is 11.8. The third-order valence-electron chi connectivity index (χ3n) is 12.6. The highest BCUT2D eigenvalue weighted by atomic mass is 16.7. The van der Waals surface area contributed by atoms with Gasteiger partial charge in [0.05, 0.1) is 0 Å². The van der Waals surface area contributed by atoms with Crippen LogP contribution in [0.25, 0.3) is 0 Å². The molecule has 1 amide bonds. The molecule has 0 radical (unpaired) electrons. The number of nitrogens with zero attached hydrogens (tertiary/aromatic N) is 2. The first-order chi connectivity index (χ1) is 33.5. The molecule has 9 rings (SSSR count). The van der Waals surface area contributed by atoms with Crippen molar-refractivity contribution in [3.8, 4) is 17.2 Å². The van der Waals surface area contributed by atoms with Crippen LogP contribution in [-0.4, -0.2) is 97.7 Å². The van der Waals surface area contributed by atoms with Crippen LogP contribution in [0.4, 0.5) is 9.59 Å². The zero-order chi connectivity index (χ0) is 49.7. The average molecular weight is 954 g/mol. The molecule has 6 atom stereocenters. The van der Waals surface area contributed by atoms with Crippen molar-refractivity contribution in [3.05, 3.63) is 161 Å². The molecule has 4 N–H and O–H groups in total. The third kappa shape index (κ3) is 17.8. The summed E-state index contributed by atoms with van der Waals surface area (Å²) in [4.78, 5) is 28.4. The number of carbonyl (C=O) groups is 2. The van der Waals surface area contributed by atoms with Crippen LogP contribution in [0, 0.1) is 0 Å². The van der Waals surface area contributed by atoms with Crippen LogP contribution in [0.1, 0.15) is 106 Å². The molecule has 1 heterocycles. The molecule has 0 aromatic heterocycles. The molecule has 3 aliphatic carbocycles. The first-order valence-corrected chi connectivity index (χ1v) is 25.0. The van der Waals surface area contributed by atoms with Gasteiger partial charge >= 0.3 is 12.2 Å². The highest BCUT2D eigenvalue weighted by molar-refractivity contribution is 5.69. The van der Waals surface area contributed by atoms with Gasteiger partial charge in [-0.25, -0.2) is 9.59 Å². The monoisotopic (exact) mass is 954 g/mol. The van der Waals surface area contributed by atoms with E-state index >= 15 is 0 Å². The van der Waals surface area contributed by atoms with E-state index in [0.29, 0.717) is 42.9 Å². The first kappa shape index (κ1) is 51.9. The predicted octanol–water partition coefficient (Wildman–Crippen LogP) is 10.4.